The number of hydrogen-bond donors (Lipinski definition) is 2. The molecule has 1 aliphatic rings. The Morgan fingerprint density at radius 1 is 1.12 bits per heavy atom. The van der Waals surface area contributed by atoms with E-state index in [0.29, 0.717) is 21.7 Å². The predicted molar refractivity (Wildman–Crippen MR) is 104 cm³/mol. The molecule has 0 atom stereocenters. The minimum absolute atomic E-state index is 0.357. The minimum atomic E-state index is -0.357. The third-order valence-corrected chi connectivity index (χ3v) is 4.16. The van der Waals surface area contributed by atoms with Crippen LogP contribution in [-0.2, 0) is 0 Å². The molecule has 0 spiro atoms. The molecule has 0 aliphatic carbocycles. The summed E-state index contributed by atoms with van der Waals surface area (Å²) >= 11 is 17.4. The zero-order valence-corrected chi connectivity index (χ0v) is 15.6. The quantitative estimate of drug-likeness (QED) is 0.725. The number of nitrogens with zero attached hydrogens (tertiary/aromatic N) is 1. The van der Waals surface area contributed by atoms with E-state index in [1.807, 2.05) is 49.2 Å². The summed E-state index contributed by atoms with van der Waals surface area (Å²) in [5.74, 6) is 0.762. The van der Waals surface area contributed by atoms with Crippen LogP contribution in [0.15, 0.2) is 42.5 Å². The van der Waals surface area contributed by atoms with E-state index in [1.54, 1.807) is 12.1 Å². The minimum Gasteiger partial charge on any atom is -0.484 e. The largest absolute Gasteiger partial charge is 0.484 e. The van der Waals surface area contributed by atoms with E-state index in [-0.39, 0.29) is 5.60 Å². The van der Waals surface area contributed by atoms with Crippen LogP contribution < -0.4 is 20.5 Å². The van der Waals surface area contributed by atoms with Crippen LogP contribution in [0.3, 0.4) is 0 Å². The van der Waals surface area contributed by atoms with Gasteiger partial charge in [-0.1, -0.05) is 23.2 Å². The summed E-state index contributed by atoms with van der Waals surface area (Å²) in [5.41, 5.74) is 4.55. The second-order valence-corrected chi connectivity index (χ2v) is 7.41. The molecule has 2 aromatic rings. The summed E-state index contributed by atoms with van der Waals surface area (Å²) in [6.07, 6.45) is 0. The van der Waals surface area contributed by atoms with E-state index < -0.39 is 0 Å². The lowest BCUT2D eigenvalue weighted by Crippen LogP contribution is -2.55. The zero-order valence-electron chi connectivity index (χ0n) is 13.3. The van der Waals surface area contributed by atoms with Crippen LogP contribution in [0.2, 0.25) is 10.0 Å². The first-order chi connectivity index (χ1) is 11.3. The van der Waals surface area contributed by atoms with Gasteiger partial charge in [0.2, 0.25) is 0 Å². The van der Waals surface area contributed by atoms with E-state index in [9.17, 15) is 0 Å². The molecule has 24 heavy (non-hydrogen) atoms. The molecule has 1 aliphatic heterocycles. The monoisotopic (exact) mass is 381 g/mol. The van der Waals surface area contributed by atoms with Gasteiger partial charge in [-0.2, -0.15) is 0 Å². The second-order valence-electron chi connectivity index (χ2n) is 6.13. The molecule has 2 aromatic carbocycles. The first-order valence-corrected chi connectivity index (χ1v) is 8.58. The van der Waals surface area contributed by atoms with Crippen LogP contribution in [-0.4, -0.2) is 17.3 Å². The normalized spacial score (nSPS) is 15.2. The van der Waals surface area contributed by atoms with Crippen molar-refractivity contribution in [3.05, 3.63) is 52.5 Å². The van der Waals surface area contributed by atoms with Crippen molar-refractivity contribution in [2.45, 2.75) is 19.4 Å². The number of benzene rings is 2. The fraction of sp³-hybridized carbons (Fsp3) is 0.235. The van der Waals surface area contributed by atoms with Crippen molar-refractivity contribution in [3.8, 4) is 5.75 Å². The molecule has 0 unspecified atom stereocenters. The van der Waals surface area contributed by atoms with Gasteiger partial charge in [0, 0.05) is 15.7 Å². The first-order valence-electron chi connectivity index (χ1n) is 7.42. The van der Waals surface area contributed by atoms with Crippen molar-refractivity contribution in [2.24, 2.45) is 0 Å². The maximum Gasteiger partial charge on any atom is 0.189 e. The number of ether oxygens (including phenoxy) is 1. The molecule has 1 heterocycles. The van der Waals surface area contributed by atoms with Gasteiger partial charge < -0.3 is 10.1 Å². The summed E-state index contributed by atoms with van der Waals surface area (Å²) in [7, 11) is 0. The van der Waals surface area contributed by atoms with Gasteiger partial charge in [0.25, 0.3) is 0 Å². The van der Waals surface area contributed by atoms with Crippen molar-refractivity contribution in [1.29, 1.82) is 0 Å². The molecule has 0 saturated heterocycles. The smallest absolute Gasteiger partial charge is 0.189 e. The Kier molecular flexibility index (Phi) is 4.76. The fourth-order valence-corrected chi connectivity index (χ4v) is 3.02. The molecule has 0 bridgehead atoms. The predicted octanol–water partition coefficient (Wildman–Crippen LogP) is 4.87. The highest BCUT2D eigenvalue weighted by atomic mass is 35.5. The third-order valence-electron chi connectivity index (χ3n) is 3.48. The van der Waals surface area contributed by atoms with Crippen molar-refractivity contribution < 1.29 is 4.74 Å². The van der Waals surface area contributed by atoms with E-state index in [4.69, 9.17) is 40.2 Å². The van der Waals surface area contributed by atoms with Crippen LogP contribution in [0.25, 0.3) is 0 Å². The molecule has 0 fully saturated rings. The maximum atomic E-state index is 6.12. The number of thiocarbonyl (C=S) groups is 1. The standard InChI is InChI=1S/C17H17Cl2N3OS/c1-17(2)10-22(14-9-12(19)5-8-15(14)23-17)21-16(24)20-13-6-3-11(18)4-7-13/h3-9H,10H2,1-2H3,(H2,20,21,24). The number of rotatable bonds is 2. The molecule has 2 N–H and O–H groups in total. The van der Waals surface area contributed by atoms with Crippen molar-refractivity contribution >= 4 is 51.9 Å². The summed E-state index contributed by atoms with van der Waals surface area (Å²) in [6, 6.07) is 12.9. The number of halogens is 2. The lowest BCUT2D eigenvalue weighted by molar-refractivity contribution is 0.103. The van der Waals surface area contributed by atoms with Gasteiger partial charge in [-0.05, 0) is 68.5 Å². The van der Waals surface area contributed by atoms with Gasteiger partial charge in [0.05, 0.1) is 6.54 Å². The zero-order chi connectivity index (χ0) is 17.3. The summed E-state index contributed by atoms with van der Waals surface area (Å²) in [5, 5.41) is 6.87. The first kappa shape index (κ1) is 17.1. The lowest BCUT2D eigenvalue weighted by Gasteiger charge is -2.41. The third kappa shape index (κ3) is 4.04. The van der Waals surface area contributed by atoms with Crippen LogP contribution in [0.5, 0.6) is 5.75 Å². The number of fused-ring (bicyclic) bond motifs is 1. The number of anilines is 2. The Balaban J connectivity index is 1.77. The van der Waals surface area contributed by atoms with Gasteiger partial charge in [-0.25, -0.2) is 0 Å². The molecule has 126 valence electrons. The van der Waals surface area contributed by atoms with Crippen molar-refractivity contribution in [1.82, 2.24) is 5.43 Å². The van der Waals surface area contributed by atoms with E-state index in [2.05, 4.69) is 10.7 Å². The van der Waals surface area contributed by atoms with Gasteiger partial charge in [0.1, 0.15) is 17.0 Å². The summed E-state index contributed by atoms with van der Waals surface area (Å²) < 4.78 is 6.00. The van der Waals surface area contributed by atoms with Gasteiger partial charge in [0.15, 0.2) is 5.11 Å². The molecule has 0 aromatic heterocycles. The average molecular weight is 382 g/mol. The molecular formula is C17H17Cl2N3OS. The summed E-state index contributed by atoms with van der Waals surface area (Å²) in [6.45, 7) is 4.66. The molecule has 4 nitrogen and oxygen atoms in total. The Morgan fingerprint density at radius 3 is 2.50 bits per heavy atom. The van der Waals surface area contributed by atoms with Crippen molar-refractivity contribution in [2.75, 3.05) is 16.9 Å². The van der Waals surface area contributed by atoms with Crippen LogP contribution in [0, 0.1) is 0 Å². The highest BCUT2D eigenvalue weighted by Gasteiger charge is 2.32. The highest BCUT2D eigenvalue weighted by molar-refractivity contribution is 7.80. The van der Waals surface area contributed by atoms with E-state index in [1.165, 1.54) is 0 Å². The van der Waals surface area contributed by atoms with E-state index in [0.717, 1.165) is 17.1 Å². The van der Waals surface area contributed by atoms with Crippen LogP contribution >= 0.6 is 35.4 Å². The SMILES string of the molecule is CC1(C)CN(NC(=S)Nc2ccc(Cl)cc2)c2cc(Cl)ccc2O1. The Morgan fingerprint density at radius 2 is 1.79 bits per heavy atom. The number of nitrogens with one attached hydrogen (secondary N) is 2. The molecular weight excluding hydrogens is 365 g/mol. The average Bonchev–Trinajstić information content (AvgIpc) is 2.49. The van der Waals surface area contributed by atoms with Gasteiger partial charge >= 0.3 is 0 Å². The topological polar surface area (TPSA) is 36.5 Å². The van der Waals surface area contributed by atoms with Crippen LogP contribution in [0.1, 0.15) is 13.8 Å². The van der Waals surface area contributed by atoms with E-state index >= 15 is 0 Å². The Bertz CT molecular complexity index is 765. The lowest BCUT2D eigenvalue weighted by atomic mass is 10.1. The molecule has 0 saturated carbocycles. The van der Waals surface area contributed by atoms with Crippen LogP contribution in [0.4, 0.5) is 11.4 Å². The molecule has 0 amide bonds. The Labute approximate surface area is 156 Å². The summed E-state index contributed by atoms with van der Waals surface area (Å²) in [4.78, 5) is 0. The van der Waals surface area contributed by atoms with Gasteiger partial charge in [-0.15, -0.1) is 0 Å². The molecule has 3 rings (SSSR count). The number of hydrazine groups is 1. The maximum absolute atomic E-state index is 6.12. The number of hydrogen-bond acceptors (Lipinski definition) is 3. The highest BCUT2D eigenvalue weighted by Crippen LogP contribution is 2.37. The molecule has 0 radical (unpaired) electrons. The van der Waals surface area contributed by atoms with Crippen molar-refractivity contribution in [3.63, 3.8) is 0 Å². The fourth-order valence-electron chi connectivity index (χ4n) is 2.50. The molecule has 7 heteroatoms. The Hall–Kier alpha value is -1.69. The second kappa shape index (κ2) is 6.67. The van der Waals surface area contributed by atoms with Gasteiger partial charge in [-0.3, -0.25) is 10.4 Å².